The van der Waals surface area contributed by atoms with E-state index in [2.05, 4.69) is 21.8 Å². The van der Waals surface area contributed by atoms with Crippen molar-refractivity contribution in [3.8, 4) is 0 Å². The van der Waals surface area contributed by atoms with E-state index in [1.54, 1.807) is 11.3 Å². The van der Waals surface area contributed by atoms with Crippen LogP contribution >= 0.6 is 22.9 Å². The highest BCUT2D eigenvalue weighted by atomic mass is 35.5. The Morgan fingerprint density at radius 2 is 2.08 bits per heavy atom. The van der Waals surface area contributed by atoms with E-state index in [1.807, 2.05) is 5.38 Å². The van der Waals surface area contributed by atoms with Gasteiger partial charge in [-0.3, -0.25) is 0 Å². The molecule has 2 aliphatic heterocycles. The quantitative estimate of drug-likeness (QED) is 0.820. The Labute approximate surface area is 149 Å². The van der Waals surface area contributed by atoms with Gasteiger partial charge in [0.15, 0.2) is 5.82 Å². The first-order chi connectivity index (χ1) is 11.6. The fraction of sp³-hybridized carbons (Fsp3) is 0.625. The van der Waals surface area contributed by atoms with Crippen LogP contribution in [0.3, 0.4) is 0 Å². The molecule has 2 aromatic heterocycles. The fourth-order valence-electron chi connectivity index (χ4n) is 3.42. The second-order valence-electron chi connectivity index (χ2n) is 6.40. The average molecular weight is 370 g/mol. The van der Waals surface area contributed by atoms with Crippen LogP contribution in [-0.4, -0.2) is 54.1 Å². The van der Waals surface area contributed by atoms with Gasteiger partial charge in [-0.1, -0.05) is 0 Å². The first-order valence-corrected chi connectivity index (χ1v) is 9.44. The number of halogens is 1. The smallest absolute Gasteiger partial charge is 0.224 e. The molecule has 0 saturated carbocycles. The van der Waals surface area contributed by atoms with Crippen LogP contribution in [0.1, 0.15) is 25.3 Å². The third-order valence-corrected chi connectivity index (χ3v) is 5.97. The van der Waals surface area contributed by atoms with Crippen molar-refractivity contribution >= 4 is 39.0 Å². The van der Waals surface area contributed by atoms with Crippen molar-refractivity contribution < 1.29 is 14.6 Å². The number of aliphatic hydroxyl groups is 1. The molecule has 1 N–H and O–H groups in total. The van der Waals surface area contributed by atoms with Gasteiger partial charge < -0.3 is 19.5 Å². The van der Waals surface area contributed by atoms with Gasteiger partial charge in [-0.25, -0.2) is 4.98 Å². The molecule has 24 heavy (non-hydrogen) atoms. The lowest BCUT2D eigenvalue weighted by molar-refractivity contribution is -0.0668. The van der Waals surface area contributed by atoms with Crippen LogP contribution in [0.4, 0.5) is 5.82 Å². The number of aromatic nitrogens is 2. The molecule has 2 aromatic rings. The highest BCUT2D eigenvalue weighted by Gasteiger charge is 2.36. The second kappa shape index (κ2) is 6.38. The Bertz CT molecular complexity index is 747. The number of thiophene rings is 1. The van der Waals surface area contributed by atoms with Crippen LogP contribution in [0, 0.1) is 0 Å². The lowest BCUT2D eigenvalue weighted by atomic mass is 9.87. The summed E-state index contributed by atoms with van der Waals surface area (Å²) < 4.78 is 11.9. The van der Waals surface area contributed by atoms with Crippen molar-refractivity contribution in [1.82, 2.24) is 9.97 Å². The predicted octanol–water partition coefficient (Wildman–Crippen LogP) is 2.57. The summed E-state index contributed by atoms with van der Waals surface area (Å²) in [4.78, 5) is 11.1. The highest BCUT2D eigenvalue weighted by molar-refractivity contribution is 7.18. The number of morpholine rings is 1. The lowest BCUT2D eigenvalue weighted by Crippen LogP contribution is -2.44. The largest absolute Gasteiger partial charge is 0.385 e. The molecule has 0 aromatic carbocycles. The molecule has 0 unspecified atom stereocenters. The zero-order valence-electron chi connectivity index (χ0n) is 13.5. The van der Waals surface area contributed by atoms with E-state index >= 15 is 0 Å². The van der Waals surface area contributed by atoms with Crippen LogP contribution < -0.4 is 4.90 Å². The number of ether oxygens (including phenoxy) is 2. The molecule has 4 rings (SSSR count). The fourth-order valence-corrected chi connectivity index (χ4v) is 4.69. The van der Waals surface area contributed by atoms with E-state index in [0.29, 0.717) is 39.3 Å². The Morgan fingerprint density at radius 3 is 2.83 bits per heavy atom. The van der Waals surface area contributed by atoms with E-state index in [0.717, 1.165) is 28.1 Å². The summed E-state index contributed by atoms with van der Waals surface area (Å²) in [6.07, 6.45) is 1.15. The Morgan fingerprint density at radius 1 is 1.29 bits per heavy atom. The summed E-state index contributed by atoms with van der Waals surface area (Å²) >= 11 is 7.79. The molecular formula is C16H20ClN3O3S. The first kappa shape index (κ1) is 16.5. The van der Waals surface area contributed by atoms with Gasteiger partial charge in [-0.05, 0) is 23.9 Å². The van der Waals surface area contributed by atoms with Gasteiger partial charge in [0.25, 0.3) is 0 Å². The topological polar surface area (TPSA) is 67.7 Å². The molecule has 0 bridgehead atoms. The molecule has 0 radical (unpaired) electrons. The Hall–Kier alpha value is -0.990. The summed E-state index contributed by atoms with van der Waals surface area (Å²) in [5.74, 6) is 0.840. The molecule has 0 spiro atoms. The van der Waals surface area contributed by atoms with Gasteiger partial charge in [0.2, 0.25) is 5.28 Å². The van der Waals surface area contributed by atoms with Gasteiger partial charge in [0.05, 0.1) is 35.1 Å². The van der Waals surface area contributed by atoms with Gasteiger partial charge in [-0.15, -0.1) is 11.3 Å². The van der Waals surface area contributed by atoms with Gasteiger partial charge in [0, 0.05) is 38.2 Å². The summed E-state index contributed by atoms with van der Waals surface area (Å²) in [7, 11) is 0. The van der Waals surface area contributed by atoms with Crippen molar-refractivity contribution in [1.29, 1.82) is 0 Å². The highest BCUT2D eigenvalue weighted by Crippen LogP contribution is 2.42. The molecule has 4 heterocycles. The summed E-state index contributed by atoms with van der Waals surface area (Å²) in [6, 6.07) is 0.227. The van der Waals surface area contributed by atoms with E-state index < -0.39 is 5.60 Å². The molecular weight excluding hydrogens is 350 g/mol. The molecule has 2 saturated heterocycles. The maximum Gasteiger partial charge on any atom is 0.224 e. The lowest BCUT2D eigenvalue weighted by Gasteiger charge is -2.34. The maximum absolute atomic E-state index is 11.1. The van der Waals surface area contributed by atoms with Crippen molar-refractivity contribution in [3.63, 3.8) is 0 Å². The molecule has 6 nitrogen and oxygen atoms in total. The molecule has 0 amide bonds. The van der Waals surface area contributed by atoms with Crippen LogP contribution in [0.25, 0.3) is 10.2 Å². The maximum atomic E-state index is 11.1. The van der Waals surface area contributed by atoms with Gasteiger partial charge in [-0.2, -0.15) is 4.98 Å². The number of rotatable bonds is 2. The summed E-state index contributed by atoms with van der Waals surface area (Å²) in [6.45, 7) is 5.34. The third kappa shape index (κ3) is 2.78. The van der Waals surface area contributed by atoms with Gasteiger partial charge >= 0.3 is 0 Å². The van der Waals surface area contributed by atoms with Crippen molar-refractivity contribution in [3.05, 3.63) is 16.2 Å². The van der Waals surface area contributed by atoms with E-state index in [1.165, 1.54) is 0 Å². The predicted molar refractivity (Wildman–Crippen MR) is 94.0 cm³/mol. The third-order valence-electron chi connectivity index (χ3n) is 4.83. The zero-order chi connectivity index (χ0) is 16.7. The average Bonchev–Trinajstić information content (AvgIpc) is 3.00. The van der Waals surface area contributed by atoms with Crippen LogP contribution in [0.15, 0.2) is 5.38 Å². The monoisotopic (exact) mass is 369 g/mol. The molecule has 1 atom stereocenters. The molecule has 2 fully saturated rings. The van der Waals surface area contributed by atoms with Crippen LogP contribution in [-0.2, 0) is 15.1 Å². The Balaban J connectivity index is 1.82. The van der Waals surface area contributed by atoms with Crippen molar-refractivity contribution in [2.45, 2.75) is 31.4 Å². The van der Waals surface area contributed by atoms with Gasteiger partial charge in [0.1, 0.15) is 0 Å². The number of hydrogen-bond donors (Lipinski definition) is 1. The summed E-state index contributed by atoms with van der Waals surface area (Å²) in [5, 5.41) is 13.3. The zero-order valence-corrected chi connectivity index (χ0v) is 15.1. The Kier molecular flexibility index (Phi) is 4.38. The first-order valence-electron chi connectivity index (χ1n) is 8.18. The number of fused-ring (bicyclic) bond motifs is 1. The number of nitrogens with zero attached hydrogens (tertiary/aromatic N) is 3. The normalized spacial score (nSPS) is 24.5. The van der Waals surface area contributed by atoms with E-state index in [9.17, 15) is 5.11 Å². The minimum Gasteiger partial charge on any atom is -0.385 e. The number of hydrogen-bond acceptors (Lipinski definition) is 7. The minimum atomic E-state index is -0.901. The summed E-state index contributed by atoms with van der Waals surface area (Å²) in [5.41, 5.74) is 0.706. The minimum absolute atomic E-state index is 0.214. The van der Waals surface area contributed by atoms with Crippen molar-refractivity contribution in [2.24, 2.45) is 0 Å². The van der Waals surface area contributed by atoms with E-state index in [4.69, 9.17) is 21.1 Å². The molecule has 2 aliphatic rings. The van der Waals surface area contributed by atoms with Crippen molar-refractivity contribution in [2.75, 3.05) is 37.9 Å². The number of anilines is 1. The standard InChI is InChI=1S/C16H20ClN3O3S/c1-10-8-23-7-4-20(10)14-13-12(18-15(17)19-14)11(9-24-13)16(21)2-5-22-6-3-16/h9-10,21H,2-8H2,1H3/t10-/m1/s1. The second-order valence-corrected chi connectivity index (χ2v) is 7.62. The molecule has 0 aliphatic carbocycles. The van der Waals surface area contributed by atoms with Crippen LogP contribution in [0.2, 0.25) is 5.28 Å². The van der Waals surface area contributed by atoms with Crippen LogP contribution in [0.5, 0.6) is 0 Å². The SMILES string of the molecule is C[C@@H]1COCCN1c1nc(Cl)nc2c(C3(O)CCOCC3)csc12. The van der Waals surface area contributed by atoms with E-state index in [-0.39, 0.29) is 11.3 Å². The molecule has 8 heteroatoms. The molecule has 130 valence electrons.